The van der Waals surface area contributed by atoms with Crippen molar-refractivity contribution in [1.82, 2.24) is 15.1 Å². The predicted molar refractivity (Wildman–Crippen MR) is 215 cm³/mol. The van der Waals surface area contributed by atoms with Gasteiger partial charge in [0.25, 0.3) is 0 Å². The largest absolute Gasteiger partial charge is 0.504 e. The SMILES string of the molecule is COc1c(C)cc2c(c1O)[C@H](C)N1C[C@@](C)(N3C[C@@H]4SC[C@]5(N[C@H](CO)Cc6c5oc5ccccc65)C(=O)OCC3c3c5c(c(C)c(OC(C)=O)c34)OCO5)CC21C. The summed E-state index contributed by atoms with van der Waals surface area (Å²) in [5.41, 5.74) is 4.40. The molecule has 2 bridgehead atoms. The Kier molecular flexibility index (Phi) is 8.48. The number of rotatable bonds is 4. The molecule has 8 heterocycles. The molecule has 0 amide bonds. The average Bonchev–Trinajstić information content (AvgIpc) is 3.95. The first-order valence-corrected chi connectivity index (χ1v) is 21.1. The lowest BCUT2D eigenvalue weighted by atomic mass is 9.79. The Morgan fingerprint density at radius 3 is 2.60 bits per heavy atom. The minimum atomic E-state index is -1.41. The van der Waals surface area contributed by atoms with Gasteiger partial charge in [-0.05, 0) is 70.7 Å². The van der Waals surface area contributed by atoms with Crippen LogP contribution in [0.4, 0.5) is 0 Å². The number of methoxy groups -OCH3 is 1. The topological polar surface area (TPSA) is 152 Å². The third kappa shape index (κ3) is 5.04. The summed E-state index contributed by atoms with van der Waals surface area (Å²) in [7, 11) is 1.59. The zero-order valence-electron chi connectivity index (χ0n) is 33.8. The summed E-state index contributed by atoms with van der Waals surface area (Å²) in [6.45, 7) is 12.9. The van der Waals surface area contributed by atoms with Crippen LogP contribution in [0.15, 0.2) is 34.7 Å². The van der Waals surface area contributed by atoms with Gasteiger partial charge in [-0.2, -0.15) is 0 Å². The van der Waals surface area contributed by atoms with Gasteiger partial charge in [-0.1, -0.05) is 18.2 Å². The van der Waals surface area contributed by atoms with Crippen LogP contribution in [0.5, 0.6) is 28.7 Å². The highest BCUT2D eigenvalue weighted by atomic mass is 32.2. The van der Waals surface area contributed by atoms with Gasteiger partial charge in [0.1, 0.15) is 23.7 Å². The van der Waals surface area contributed by atoms with E-state index >= 15 is 0 Å². The second-order valence-corrected chi connectivity index (χ2v) is 18.5. The number of nitrogens with zero attached hydrogens (tertiary/aromatic N) is 2. The van der Waals surface area contributed by atoms with E-state index in [0.29, 0.717) is 65.8 Å². The van der Waals surface area contributed by atoms with E-state index in [-0.39, 0.29) is 42.8 Å². The second kappa shape index (κ2) is 13.0. The quantitative estimate of drug-likeness (QED) is 0.164. The molecule has 7 aliphatic rings. The number of carbonyl (C=O) groups excluding carboxylic acids is 2. The molecule has 11 rings (SSSR count). The van der Waals surface area contributed by atoms with Crippen LogP contribution in [-0.4, -0.2) is 89.5 Å². The van der Waals surface area contributed by atoms with Crippen LogP contribution in [-0.2, 0) is 31.8 Å². The van der Waals surface area contributed by atoms with Crippen molar-refractivity contribution in [3.8, 4) is 28.7 Å². The number of hydrogen-bond donors (Lipinski definition) is 3. The molecule has 2 saturated heterocycles. The number of hydrogen-bond acceptors (Lipinski definition) is 14. The highest BCUT2D eigenvalue weighted by Crippen LogP contribution is 2.63. The highest BCUT2D eigenvalue weighted by Gasteiger charge is 2.62. The zero-order chi connectivity index (χ0) is 40.6. The highest BCUT2D eigenvalue weighted by molar-refractivity contribution is 7.99. The summed E-state index contributed by atoms with van der Waals surface area (Å²) in [4.78, 5) is 32.8. The van der Waals surface area contributed by atoms with Crippen LogP contribution in [0, 0.1) is 13.8 Å². The molecule has 7 atom stereocenters. The van der Waals surface area contributed by atoms with Crippen LogP contribution < -0.4 is 24.3 Å². The molecule has 0 aliphatic carbocycles. The number of aliphatic hydroxyl groups excluding tert-OH is 1. The maximum atomic E-state index is 15.0. The van der Waals surface area contributed by atoms with Gasteiger partial charge in [0.05, 0.1) is 19.8 Å². The molecular formula is C44H49N3O10S. The number of esters is 2. The maximum Gasteiger partial charge on any atom is 0.335 e. The van der Waals surface area contributed by atoms with Crippen LogP contribution in [0.3, 0.4) is 0 Å². The van der Waals surface area contributed by atoms with Crippen molar-refractivity contribution in [2.45, 2.75) is 94.4 Å². The maximum absolute atomic E-state index is 15.0. The number of furan rings is 1. The standard InChI is InChI=1S/C44H49N3O10S/c1-21-12-28-32(35(50)36(21)52-7)23(3)47-18-42(5,17-43(28,47)6)46-14-31-34-33(39-38(54-20-55-39)22(2)37(34)56-24(4)49)29(46)16-53-41(51)44(19-58-31)40-27(13-25(15-48)45-44)26-10-8-9-11-30(26)57-40/h8-12,23,25,29,31,45,48,50H,13-20H2,1-7H3/t23-,25-,29?,31-,42-,43?,44+/m0/s1. The van der Waals surface area contributed by atoms with Gasteiger partial charge in [0, 0.05) is 87.4 Å². The van der Waals surface area contributed by atoms with E-state index in [1.54, 1.807) is 18.9 Å². The molecule has 4 aromatic rings. The van der Waals surface area contributed by atoms with E-state index in [2.05, 4.69) is 42.0 Å². The van der Waals surface area contributed by atoms with Gasteiger partial charge < -0.3 is 38.3 Å². The number of nitrogens with one attached hydrogen (secondary N) is 1. The molecule has 3 aromatic carbocycles. The molecule has 2 unspecified atom stereocenters. The van der Waals surface area contributed by atoms with E-state index in [9.17, 15) is 19.8 Å². The third-order valence-electron chi connectivity index (χ3n) is 13.9. The number of phenolic OH excluding ortho intramolecular Hbond substituents is 1. The lowest BCUT2D eigenvalue weighted by Gasteiger charge is -2.51. The van der Waals surface area contributed by atoms with Gasteiger partial charge in [-0.15, -0.1) is 11.8 Å². The van der Waals surface area contributed by atoms with Crippen LogP contribution >= 0.6 is 11.8 Å². The van der Waals surface area contributed by atoms with Crippen molar-refractivity contribution in [3.05, 3.63) is 75.0 Å². The molecule has 0 radical (unpaired) electrons. The summed E-state index contributed by atoms with van der Waals surface area (Å²) < 4.78 is 37.3. The van der Waals surface area contributed by atoms with Gasteiger partial charge in [0.15, 0.2) is 28.5 Å². The summed E-state index contributed by atoms with van der Waals surface area (Å²) in [5, 5.41) is 26.2. The van der Waals surface area contributed by atoms with Crippen molar-refractivity contribution >= 4 is 34.7 Å². The van der Waals surface area contributed by atoms with E-state index in [0.717, 1.165) is 38.8 Å². The summed E-state index contributed by atoms with van der Waals surface area (Å²) >= 11 is 1.58. The average molecular weight is 812 g/mol. The van der Waals surface area contributed by atoms with E-state index in [1.807, 2.05) is 38.1 Å². The number of benzene rings is 3. The molecule has 7 aliphatic heterocycles. The molecule has 1 aromatic heterocycles. The Hall–Kier alpha value is -4.47. The minimum absolute atomic E-state index is 0.00455. The summed E-state index contributed by atoms with van der Waals surface area (Å²) in [5.74, 6) is 2.00. The minimum Gasteiger partial charge on any atom is -0.504 e. The van der Waals surface area contributed by atoms with Gasteiger partial charge >= 0.3 is 11.9 Å². The number of phenols is 1. The third-order valence-corrected chi connectivity index (χ3v) is 15.2. The number of aliphatic hydroxyl groups is 1. The van der Waals surface area contributed by atoms with Crippen molar-refractivity contribution in [2.75, 3.05) is 46.0 Å². The Labute approximate surface area is 340 Å². The van der Waals surface area contributed by atoms with Crippen LogP contribution in [0.25, 0.3) is 11.0 Å². The summed E-state index contributed by atoms with van der Waals surface area (Å²) in [6, 6.07) is 8.86. The first kappa shape index (κ1) is 37.8. The smallest absolute Gasteiger partial charge is 0.335 e. The van der Waals surface area contributed by atoms with E-state index < -0.39 is 40.6 Å². The molecule has 2 fully saturated rings. The van der Waals surface area contributed by atoms with Crippen molar-refractivity contribution < 1.29 is 47.9 Å². The van der Waals surface area contributed by atoms with E-state index in [4.69, 9.17) is 28.1 Å². The number of aryl methyl sites for hydroxylation is 1. The monoisotopic (exact) mass is 811 g/mol. The first-order valence-electron chi connectivity index (χ1n) is 20.0. The fourth-order valence-corrected chi connectivity index (χ4v) is 13.0. The first-order chi connectivity index (χ1) is 27.7. The van der Waals surface area contributed by atoms with Crippen LogP contribution in [0.2, 0.25) is 0 Å². The Bertz CT molecular complexity index is 2430. The molecule has 13 nitrogen and oxygen atoms in total. The molecule has 0 saturated carbocycles. The van der Waals surface area contributed by atoms with Crippen molar-refractivity contribution in [1.29, 1.82) is 0 Å². The molecular weight excluding hydrogens is 763 g/mol. The number of aromatic hydroxyl groups is 1. The Morgan fingerprint density at radius 1 is 1.07 bits per heavy atom. The van der Waals surface area contributed by atoms with Gasteiger partial charge in [-0.25, -0.2) is 4.79 Å². The number of fused-ring (bicyclic) bond motifs is 11. The van der Waals surface area contributed by atoms with Crippen molar-refractivity contribution in [3.63, 3.8) is 0 Å². The fourth-order valence-electron chi connectivity index (χ4n) is 11.5. The predicted octanol–water partition coefficient (Wildman–Crippen LogP) is 5.96. The number of thioether (sulfide) groups is 1. The molecule has 1 spiro atoms. The number of ether oxygens (including phenoxy) is 5. The lowest BCUT2D eigenvalue weighted by Crippen LogP contribution is -2.61. The molecule has 306 valence electrons. The second-order valence-electron chi connectivity index (χ2n) is 17.3. The normalized spacial score (nSPS) is 31.2. The number of carbonyl (C=O) groups is 2. The van der Waals surface area contributed by atoms with Gasteiger partial charge in [0.2, 0.25) is 6.79 Å². The van der Waals surface area contributed by atoms with Crippen LogP contribution in [0.1, 0.15) is 96.2 Å². The zero-order valence-corrected chi connectivity index (χ0v) is 34.6. The Morgan fingerprint density at radius 2 is 1.84 bits per heavy atom. The fraction of sp³-hybridized carbons (Fsp3) is 0.500. The Balaban J connectivity index is 1.13. The number of para-hydroxylation sites is 1. The molecule has 3 N–H and O–H groups in total. The molecule has 58 heavy (non-hydrogen) atoms. The van der Waals surface area contributed by atoms with Gasteiger partial charge in [-0.3, -0.25) is 19.9 Å². The lowest BCUT2D eigenvalue weighted by molar-refractivity contribution is -0.156. The summed E-state index contributed by atoms with van der Waals surface area (Å²) in [6.07, 6.45) is 1.21. The van der Waals surface area contributed by atoms with Crippen molar-refractivity contribution in [2.24, 2.45) is 0 Å². The molecule has 14 heteroatoms. The van der Waals surface area contributed by atoms with E-state index in [1.165, 1.54) is 6.92 Å².